The van der Waals surface area contributed by atoms with E-state index in [9.17, 15) is 9.59 Å². The van der Waals surface area contributed by atoms with Crippen molar-refractivity contribution in [1.82, 2.24) is 5.32 Å². The Morgan fingerprint density at radius 2 is 1.64 bits per heavy atom. The maximum Gasteiger partial charge on any atom is 0.413 e. The molecule has 0 bridgehead atoms. The molecule has 1 aromatic rings. The molecule has 9 nitrogen and oxygen atoms in total. The number of nitrogens with one attached hydrogen (secondary N) is 3. The van der Waals surface area contributed by atoms with E-state index in [-0.39, 0.29) is 11.9 Å². The van der Waals surface area contributed by atoms with E-state index in [1.165, 1.54) is 12.0 Å². The molecule has 1 fully saturated rings. The largest absolute Gasteiger partial charge is 0.493 e. The molecule has 0 unspecified atom stereocenters. The Hall–Kier alpha value is -2.52. The van der Waals surface area contributed by atoms with Crippen LogP contribution in [0.2, 0.25) is 0 Å². The van der Waals surface area contributed by atoms with Crippen molar-refractivity contribution in [3.05, 3.63) is 17.7 Å². The SMILES string of the molecule is COC(=O)NC(=O)[C@H](C)[NH+]1CC[NH+](Cc2ccc(OC)c(OC)c2OC)CC1. The number of hydrogen-bond acceptors (Lipinski definition) is 6. The highest BCUT2D eigenvalue weighted by Crippen LogP contribution is 2.39. The van der Waals surface area contributed by atoms with Gasteiger partial charge in [0.1, 0.15) is 32.7 Å². The number of carbonyl (C=O) groups is 2. The van der Waals surface area contributed by atoms with Gasteiger partial charge in [0.25, 0.3) is 5.91 Å². The van der Waals surface area contributed by atoms with Crippen molar-refractivity contribution in [2.75, 3.05) is 54.6 Å². The molecule has 0 radical (unpaired) electrons. The van der Waals surface area contributed by atoms with Crippen LogP contribution < -0.4 is 29.3 Å². The molecule has 0 aromatic heterocycles. The summed E-state index contributed by atoms with van der Waals surface area (Å²) in [5, 5.41) is 2.25. The van der Waals surface area contributed by atoms with Crippen LogP contribution in [-0.4, -0.2) is 72.7 Å². The van der Waals surface area contributed by atoms with Crippen LogP contribution in [0.25, 0.3) is 0 Å². The summed E-state index contributed by atoms with van der Waals surface area (Å²) in [6, 6.07) is 3.58. The standard InChI is InChI=1S/C19H29N3O6/c1-13(18(23)20-19(24)28-5)22-10-8-21(9-11-22)12-14-6-7-15(25-2)17(27-4)16(14)26-3/h6-7,13H,8-12H2,1-5H3,(H,20,23,24)/p+2/t13-/m0/s1. The van der Waals surface area contributed by atoms with Crippen LogP contribution >= 0.6 is 0 Å². The molecule has 28 heavy (non-hydrogen) atoms. The summed E-state index contributed by atoms with van der Waals surface area (Å²) in [7, 11) is 6.06. The fourth-order valence-corrected chi connectivity index (χ4v) is 3.55. The van der Waals surface area contributed by atoms with Gasteiger partial charge in [-0.2, -0.15) is 0 Å². The molecule has 1 atom stereocenters. The number of piperazine rings is 1. The van der Waals surface area contributed by atoms with E-state index in [1.807, 2.05) is 19.1 Å². The Morgan fingerprint density at radius 3 is 2.18 bits per heavy atom. The lowest BCUT2D eigenvalue weighted by Crippen LogP contribution is -3.29. The molecular formula is C19H31N3O6+2. The number of ether oxygens (including phenoxy) is 4. The smallest absolute Gasteiger partial charge is 0.413 e. The molecule has 0 aliphatic carbocycles. The van der Waals surface area contributed by atoms with Gasteiger partial charge in [-0.05, 0) is 19.1 Å². The van der Waals surface area contributed by atoms with E-state index < -0.39 is 6.09 Å². The molecule has 156 valence electrons. The second kappa shape index (κ2) is 10.1. The van der Waals surface area contributed by atoms with Gasteiger partial charge in [0.2, 0.25) is 5.75 Å². The lowest BCUT2D eigenvalue weighted by atomic mass is 10.1. The minimum Gasteiger partial charge on any atom is -0.493 e. The minimum absolute atomic E-state index is 0.309. The van der Waals surface area contributed by atoms with E-state index in [2.05, 4.69) is 10.1 Å². The molecule has 9 heteroatoms. The van der Waals surface area contributed by atoms with Crippen LogP contribution in [0.1, 0.15) is 12.5 Å². The van der Waals surface area contributed by atoms with Crippen molar-refractivity contribution in [2.24, 2.45) is 0 Å². The first kappa shape index (κ1) is 21.8. The normalized spacial score (nSPS) is 20.0. The maximum atomic E-state index is 12.1. The highest BCUT2D eigenvalue weighted by molar-refractivity contribution is 5.93. The number of benzene rings is 1. The molecule has 2 rings (SSSR count). The first-order valence-corrected chi connectivity index (χ1v) is 9.29. The van der Waals surface area contributed by atoms with Crippen molar-refractivity contribution in [3.63, 3.8) is 0 Å². The Labute approximate surface area is 165 Å². The van der Waals surface area contributed by atoms with E-state index >= 15 is 0 Å². The fraction of sp³-hybridized carbons (Fsp3) is 0.579. The summed E-state index contributed by atoms with van der Waals surface area (Å²) in [5.74, 6) is 1.61. The summed E-state index contributed by atoms with van der Waals surface area (Å²) in [6.45, 7) is 6.10. The first-order valence-electron chi connectivity index (χ1n) is 9.29. The zero-order chi connectivity index (χ0) is 20.7. The number of imide groups is 1. The summed E-state index contributed by atoms with van der Waals surface area (Å²) < 4.78 is 20.8. The molecule has 1 saturated heterocycles. The van der Waals surface area contributed by atoms with Crippen LogP contribution in [0.4, 0.5) is 4.79 Å². The number of quaternary nitrogens is 2. The third-order valence-electron chi connectivity index (χ3n) is 5.24. The number of alkyl carbamates (subject to hydrolysis) is 1. The van der Waals surface area contributed by atoms with Crippen LogP contribution in [0, 0.1) is 0 Å². The van der Waals surface area contributed by atoms with Gasteiger partial charge in [0.05, 0.1) is 34.0 Å². The van der Waals surface area contributed by atoms with Crippen LogP contribution in [-0.2, 0) is 16.1 Å². The fourth-order valence-electron chi connectivity index (χ4n) is 3.55. The van der Waals surface area contributed by atoms with Gasteiger partial charge in [-0.1, -0.05) is 0 Å². The predicted octanol–water partition coefficient (Wildman–Crippen LogP) is -1.73. The Morgan fingerprint density at radius 1 is 1.00 bits per heavy atom. The number of carbonyl (C=O) groups excluding carboxylic acids is 2. The quantitative estimate of drug-likeness (QED) is 0.506. The molecule has 0 spiro atoms. The van der Waals surface area contributed by atoms with E-state index in [1.54, 1.807) is 21.3 Å². The third kappa shape index (κ3) is 5.05. The first-order chi connectivity index (χ1) is 13.4. The lowest BCUT2D eigenvalue weighted by molar-refractivity contribution is -1.02. The number of hydrogen-bond donors (Lipinski definition) is 3. The van der Waals surface area contributed by atoms with Gasteiger partial charge >= 0.3 is 6.09 Å². The average Bonchev–Trinajstić information content (AvgIpc) is 2.72. The second-order valence-electron chi connectivity index (χ2n) is 6.78. The molecule has 2 amide bonds. The molecule has 1 heterocycles. The molecule has 3 N–H and O–H groups in total. The van der Waals surface area contributed by atoms with E-state index in [4.69, 9.17) is 14.2 Å². The lowest BCUT2D eigenvalue weighted by Gasteiger charge is -2.32. The summed E-state index contributed by atoms with van der Waals surface area (Å²) in [4.78, 5) is 25.9. The monoisotopic (exact) mass is 397 g/mol. The van der Waals surface area contributed by atoms with Crippen molar-refractivity contribution in [3.8, 4) is 17.2 Å². The minimum atomic E-state index is -0.721. The van der Waals surface area contributed by atoms with Gasteiger partial charge in [-0.3, -0.25) is 10.1 Å². The van der Waals surface area contributed by atoms with Gasteiger partial charge in [0, 0.05) is 0 Å². The van der Waals surface area contributed by atoms with Crippen molar-refractivity contribution < 1.29 is 38.3 Å². The Kier molecular flexibility index (Phi) is 7.89. The van der Waals surface area contributed by atoms with Crippen molar-refractivity contribution >= 4 is 12.0 Å². The Bertz CT molecular complexity index is 688. The zero-order valence-corrected chi connectivity index (χ0v) is 17.2. The maximum absolute atomic E-state index is 12.1. The average molecular weight is 397 g/mol. The molecule has 1 aromatic carbocycles. The topological polar surface area (TPSA) is 92.0 Å². The summed E-state index contributed by atoms with van der Waals surface area (Å²) >= 11 is 0. The van der Waals surface area contributed by atoms with Crippen LogP contribution in [0.3, 0.4) is 0 Å². The van der Waals surface area contributed by atoms with Crippen molar-refractivity contribution in [1.29, 1.82) is 0 Å². The second-order valence-corrected chi connectivity index (χ2v) is 6.78. The summed E-state index contributed by atoms with van der Waals surface area (Å²) in [6.07, 6.45) is -0.721. The Balaban J connectivity index is 1.97. The van der Waals surface area contributed by atoms with E-state index in [0.717, 1.165) is 43.2 Å². The highest BCUT2D eigenvalue weighted by Gasteiger charge is 2.32. The molecule has 1 aliphatic rings. The molecule has 0 saturated carbocycles. The molecule has 1 aliphatic heterocycles. The van der Waals surface area contributed by atoms with Crippen molar-refractivity contribution in [2.45, 2.75) is 19.5 Å². The third-order valence-corrected chi connectivity index (χ3v) is 5.24. The van der Waals surface area contributed by atoms with Gasteiger partial charge < -0.3 is 28.7 Å². The number of methoxy groups -OCH3 is 4. The van der Waals surface area contributed by atoms with Crippen LogP contribution in [0.5, 0.6) is 17.2 Å². The highest BCUT2D eigenvalue weighted by atomic mass is 16.5. The van der Waals surface area contributed by atoms with Crippen LogP contribution in [0.15, 0.2) is 12.1 Å². The number of rotatable bonds is 7. The van der Waals surface area contributed by atoms with E-state index in [0.29, 0.717) is 17.2 Å². The zero-order valence-electron chi connectivity index (χ0n) is 17.2. The predicted molar refractivity (Wildman–Crippen MR) is 101 cm³/mol. The molecular weight excluding hydrogens is 366 g/mol. The van der Waals surface area contributed by atoms with Gasteiger partial charge in [-0.25, -0.2) is 4.79 Å². The van der Waals surface area contributed by atoms with Gasteiger partial charge in [-0.15, -0.1) is 0 Å². The summed E-state index contributed by atoms with van der Waals surface area (Å²) in [5.41, 5.74) is 1.05. The number of amides is 2. The van der Waals surface area contributed by atoms with Gasteiger partial charge in [0.15, 0.2) is 17.5 Å².